The summed E-state index contributed by atoms with van der Waals surface area (Å²) in [6, 6.07) is 11.9. The van der Waals surface area contributed by atoms with Crippen LogP contribution in [0.25, 0.3) is 0 Å². The van der Waals surface area contributed by atoms with Crippen molar-refractivity contribution in [3.05, 3.63) is 59.5 Å². The highest BCUT2D eigenvalue weighted by atomic mass is 16.3. The first-order valence-electron chi connectivity index (χ1n) is 6.53. The maximum Gasteiger partial charge on any atom is 0.220 e. The van der Waals surface area contributed by atoms with Gasteiger partial charge in [0.25, 0.3) is 0 Å². The lowest BCUT2D eigenvalue weighted by Crippen LogP contribution is -2.26. The average Bonchev–Trinajstić information content (AvgIpc) is 2.90. The monoisotopic (exact) mass is 257 g/mol. The molecule has 100 valence electrons. The van der Waals surface area contributed by atoms with Crippen LogP contribution in [0.2, 0.25) is 0 Å². The predicted octanol–water partition coefficient (Wildman–Crippen LogP) is 3.40. The molecule has 2 rings (SSSR count). The molecular formula is C16H19NO2. The summed E-state index contributed by atoms with van der Waals surface area (Å²) in [5, 5.41) is 2.93. The Labute approximate surface area is 113 Å². The highest BCUT2D eigenvalue weighted by Crippen LogP contribution is 2.13. The summed E-state index contributed by atoms with van der Waals surface area (Å²) >= 11 is 0. The molecule has 0 saturated carbocycles. The number of benzene rings is 1. The van der Waals surface area contributed by atoms with Gasteiger partial charge in [-0.1, -0.05) is 29.8 Å². The van der Waals surface area contributed by atoms with Crippen molar-refractivity contribution in [1.82, 2.24) is 5.32 Å². The van der Waals surface area contributed by atoms with Gasteiger partial charge in [-0.25, -0.2) is 0 Å². The molecule has 0 aliphatic rings. The first-order chi connectivity index (χ1) is 9.15. The van der Waals surface area contributed by atoms with Crippen LogP contribution in [-0.2, 0) is 11.2 Å². The molecule has 3 heteroatoms. The maximum absolute atomic E-state index is 11.9. The third-order valence-electron chi connectivity index (χ3n) is 3.07. The molecule has 0 radical (unpaired) electrons. The van der Waals surface area contributed by atoms with Gasteiger partial charge in [-0.15, -0.1) is 0 Å². The van der Waals surface area contributed by atoms with E-state index in [0.717, 1.165) is 12.2 Å². The minimum atomic E-state index is -0.0833. The SMILES string of the molecule is Cc1cccc(CCC(=O)NC(C)c2ccco2)c1. The van der Waals surface area contributed by atoms with Crippen molar-refractivity contribution in [3.63, 3.8) is 0 Å². The molecule has 0 saturated heterocycles. The highest BCUT2D eigenvalue weighted by molar-refractivity contribution is 5.76. The second kappa shape index (κ2) is 6.23. The van der Waals surface area contributed by atoms with Gasteiger partial charge >= 0.3 is 0 Å². The molecule has 2 aromatic rings. The van der Waals surface area contributed by atoms with Crippen LogP contribution in [-0.4, -0.2) is 5.91 Å². The van der Waals surface area contributed by atoms with Gasteiger partial charge in [0.2, 0.25) is 5.91 Å². The number of furan rings is 1. The zero-order valence-corrected chi connectivity index (χ0v) is 11.3. The van der Waals surface area contributed by atoms with E-state index in [1.165, 1.54) is 11.1 Å². The lowest BCUT2D eigenvalue weighted by Gasteiger charge is -2.11. The molecule has 1 amide bonds. The van der Waals surface area contributed by atoms with Crippen molar-refractivity contribution >= 4 is 5.91 Å². The molecule has 19 heavy (non-hydrogen) atoms. The van der Waals surface area contributed by atoms with Crippen molar-refractivity contribution < 1.29 is 9.21 Å². The number of carbonyl (C=O) groups is 1. The van der Waals surface area contributed by atoms with Crippen LogP contribution in [0, 0.1) is 6.92 Å². The van der Waals surface area contributed by atoms with E-state index in [9.17, 15) is 4.79 Å². The molecule has 0 spiro atoms. The Morgan fingerprint density at radius 1 is 1.32 bits per heavy atom. The summed E-state index contributed by atoms with van der Waals surface area (Å²) in [6.45, 7) is 3.98. The standard InChI is InChI=1S/C16H19NO2/c1-12-5-3-6-14(11-12)8-9-16(18)17-13(2)15-7-4-10-19-15/h3-7,10-11,13H,8-9H2,1-2H3,(H,17,18). The van der Waals surface area contributed by atoms with E-state index >= 15 is 0 Å². The fraction of sp³-hybridized carbons (Fsp3) is 0.312. The molecule has 1 heterocycles. The third-order valence-corrected chi connectivity index (χ3v) is 3.07. The summed E-state index contributed by atoms with van der Waals surface area (Å²) in [6.07, 6.45) is 2.87. The Morgan fingerprint density at radius 2 is 2.16 bits per heavy atom. The van der Waals surface area contributed by atoms with E-state index in [1.54, 1.807) is 6.26 Å². The molecule has 1 atom stereocenters. The molecule has 1 aromatic heterocycles. The largest absolute Gasteiger partial charge is 0.467 e. The van der Waals surface area contributed by atoms with Crippen LogP contribution < -0.4 is 5.32 Å². The molecule has 1 aromatic carbocycles. The van der Waals surface area contributed by atoms with Crippen LogP contribution in [0.4, 0.5) is 0 Å². The lowest BCUT2D eigenvalue weighted by atomic mass is 10.1. The molecule has 1 unspecified atom stereocenters. The molecular weight excluding hydrogens is 238 g/mol. The Bertz CT molecular complexity index is 531. The summed E-state index contributed by atoms with van der Waals surface area (Å²) in [4.78, 5) is 11.9. The third kappa shape index (κ3) is 3.98. The normalized spacial score (nSPS) is 12.1. The summed E-state index contributed by atoms with van der Waals surface area (Å²) in [5.41, 5.74) is 2.42. The van der Waals surface area contributed by atoms with Crippen LogP contribution in [0.15, 0.2) is 47.1 Å². The number of amides is 1. The van der Waals surface area contributed by atoms with Crippen molar-refractivity contribution in [2.24, 2.45) is 0 Å². The van der Waals surface area contributed by atoms with E-state index in [0.29, 0.717) is 6.42 Å². The van der Waals surface area contributed by atoms with Crippen LogP contribution in [0.1, 0.15) is 36.3 Å². The van der Waals surface area contributed by atoms with Gasteiger partial charge < -0.3 is 9.73 Å². The minimum Gasteiger partial charge on any atom is -0.467 e. The second-order valence-electron chi connectivity index (χ2n) is 4.79. The van der Waals surface area contributed by atoms with Gasteiger partial charge in [0.05, 0.1) is 12.3 Å². The van der Waals surface area contributed by atoms with Crippen LogP contribution in [0.3, 0.4) is 0 Å². The van der Waals surface area contributed by atoms with E-state index in [-0.39, 0.29) is 11.9 Å². The van der Waals surface area contributed by atoms with Gasteiger partial charge in [-0.05, 0) is 38.0 Å². The number of carbonyl (C=O) groups excluding carboxylic acids is 1. The first kappa shape index (κ1) is 13.4. The number of nitrogens with one attached hydrogen (secondary N) is 1. The topological polar surface area (TPSA) is 42.2 Å². The Morgan fingerprint density at radius 3 is 2.84 bits per heavy atom. The van der Waals surface area contributed by atoms with E-state index in [2.05, 4.69) is 30.4 Å². The Balaban J connectivity index is 1.82. The molecule has 1 N–H and O–H groups in total. The minimum absolute atomic E-state index is 0.0467. The zero-order chi connectivity index (χ0) is 13.7. The predicted molar refractivity (Wildman–Crippen MR) is 74.8 cm³/mol. The van der Waals surface area contributed by atoms with Crippen LogP contribution in [0.5, 0.6) is 0 Å². The molecule has 0 aliphatic carbocycles. The molecule has 0 aliphatic heterocycles. The van der Waals surface area contributed by atoms with Crippen molar-refractivity contribution in [3.8, 4) is 0 Å². The van der Waals surface area contributed by atoms with Crippen molar-refractivity contribution in [1.29, 1.82) is 0 Å². The first-order valence-corrected chi connectivity index (χ1v) is 6.53. The molecule has 3 nitrogen and oxygen atoms in total. The molecule has 0 bridgehead atoms. The smallest absolute Gasteiger partial charge is 0.220 e. The van der Waals surface area contributed by atoms with E-state index in [1.807, 2.05) is 25.1 Å². The maximum atomic E-state index is 11.9. The van der Waals surface area contributed by atoms with Crippen LogP contribution >= 0.6 is 0 Å². The molecule has 0 fully saturated rings. The summed E-state index contributed by atoms with van der Waals surface area (Å²) in [7, 11) is 0. The fourth-order valence-electron chi connectivity index (χ4n) is 2.05. The second-order valence-corrected chi connectivity index (χ2v) is 4.79. The van der Waals surface area contributed by atoms with Gasteiger partial charge in [-0.3, -0.25) is 4.79 Å². The Hall–Kier alpha value is -2.03. The fourth-order valence-corrected chi connectivity index (χ4v) is 2.05. The Kier molecular flexibility index (Phi) is 4.39. The highest BCUT2D eigenvalue weighted by Gasteiger charge is 2.11. The van der Waals surface area contributed by atoms with E-state index < -0.39 is 0 Å². The van der Waals surface area contributed by atoms with Crippen molar-refractivity contribution in [2.45, 2.75) is 32.7 Å². The number of hydrogen-bond donors (Lipinski definition) is 1. The summed E-state index contributed by atoms with van der Waals surface area (Å²) in [5.74, 6) is 0.828. The van der Waals surface area contributed by atoms with E-state index in [4.69, 9.17) is 4.42 Å². The van der Waals surface area contributed by atoms with Crippen molar-refractivity contribution in [2.75, 3.05) is 0 Å². The number of hydrogen-bond acceptors (Lipinski definition) is 2. The quantitative estimate of drug-likeness (QED) is 0.892. The van der Waals surface area contributed by atoms with Gasteiger partial charge in [0, 0.05) is 6.42 Å². The average molecular weight is 257 g/mol. The number of rotatable bonds is 5. The zero-order valence-electron chi connectivity index (χ0n) is 11.3. The lowest BCUT2D eigenvalue weighted by molar-refractivity contribution is -0.121. The number of aryl methyl sites for hydroxylation is 2. The summed E-state index contributed by atoms with van der Waals surface area (Å²) < 4.78 is 5.26. The van der Waals surface area contributed by atoms with Gasteiger partial charge in [0.1, 0.15) is 5.76 Å². The van der Waals surface area contributed by atoms with Gasteiger partial charge in [-0.2, -0.15) is 0 Å². The van der Waals surface area contributed by atoms with Gasteiger partial charge in [0.15, 0.2) is 0 Å².